The molecule has 0 aromatic heterocycles. The van der Waals surface area contributed by atoms with Crippen molar-refractivity contribution in [3.63, 3.8) is 0 Å². The van der Waals surface area contributed by atoms with Gasteiger partial charge in [-0.3, -0.25) is 4.79 Å². The molecule has 0 spiro atoms. The van der Waals surface area contributed by atoms with E-state index in [-0.39, 0.29) is 18.3 Å². The zero-order valence-electron chi connectivity index (χ0n) is 12.1. The predicted octanol–water partition coefficient (Wildman–Crippen LogP) is 2.87. The van der Waals surface area contributed by atoms with Crippen molar-refractivity contribution in [2.75, 3.05) is 6.54 Å². The fourth-order valence-electron chi connectivity index (χ4n) is 3.78. The van der Waals surface area contributed by atoms with Gasteiger partial charge in [-0.15, -0.1) is 12.4 Å². The molecule has 2 fully saturated rings. The zero-order chi connectivity index (χ0) is 13.0. The summed E-state index contributed by atoms with van der Waals surface area (Å²) in [5.74, 6) is 2.20. The van der Waals surface area contributed by atoms with E-state index in [4.69, 9.17) is 5.73 Å². The zero-order valence-corrected chi connectivity index (χ0v) is 12.9. The van der Waals surface area contributed by atoms with Crippen LogP contribution in [0.25, 0.3) is 0 Å². The number of amides is 1. The van der Waals surface area contributed by atoms with Crippen LogP contribution < -0.4 is 11.1 Å². The Kier molecular flexibility index (Phi) is 7.16. The molecule has 3 N–H and O–H groups in total. The molecule has 112 valence electrons. The van der Waals surface area contributed by atoms with Gasteiger partial charge in [0.25, 0.3) is 0 Å². The lowest BCUT2D eigenvalue weighted by Crippen LogP contribution is -2.40. The van der Waals surface area contributed by atoms with Crippen LogP contribution in [0.1, 0.15) is 58.3 Å². The lowest BCUT2D eigenvalue weighted by Gasteiger charge is -2.27. The van der Waals surface area contributed by atoms with Gasteiger partial charge in [0.2, 0.25) is 5.91 Å². The number of nitrogens with one attached hydrogen (secondary N) is 1. The molecule has 2 aliphatic carbocycles. The van der Waals surface area contributed by atoms with Crippen molar-refractivity contribution in [1.82, 2.24) is 5.32 Å². The van der Waals surface area contributed by atoms with E-state index in [1.807, 2.05) is 0 Å². The molecular formula is C15H29ClN2O. The van der Waals surface area contributed by atoms with Gasteiger partial charge < -0.3 is 11.1 Å². The van der Waals surface area contributed by atoms with Gasteiger partial charge in [-0.25, -0.2) is 0 Å². The minimum atomic E-state index is 0. The summed E-state index contributed by atoms with van der Waals surface area (Å²) in [5.41, 5.74) is 5.75. The van der Waals surface area contributed by atoms with Crippen LogP contribution in [0.2, 0.25) is 0 Å². The third-order valence-electron chi connectivity index (χ3n) is 4.83. The Morgan fingerprint density at radius 3 is 2.63 bits per heavy atom. The normalized spacial score (nSPS) is 34.6. The number of halogens is 1. The first kappa shape index (κ1) is 16.8. The van der Waals surface area contributed by atoms with Crippen molar-refractivity contribution in [3.8, 4) is 0 Å². The quantitative estimate of drug-likeness (QED) is 0.836. The summed E-state index contributed by atoms with van der Waals surface area (Å²) >= 11 is 0. The fourth-order valence-corrected chi connectivity index (χ4v) is 3.78. The van der Waals surface area contributed by atoms with E-state index >= 15 is 0 Å². The van der Waals surface area contributed by atoms with Crippen LogP contribution in [0.4, 0.5) is 0 Å². The molecule has 0 heterocycles. The number of hydrogen-bond acceptors (Lipinski definition) is 2. The Morgan fingerprint density at radius 1 is 1.21 bits per heavy atom. The number of hydrogen-bond donors (Lipinski definition) is 2. The number of rotatable bonds is 4. The second kappa shape index (κ2) is 8.11. The molecule has 1 amide bonds. The van der Waals surface area contributed by atoms with Crippen LogP contribution in [0.3, 0.4) is 0 Å². The van der Waals surface area contributed by atoms with Gasteiger partial charge in [0, 0.05) is 12.5 Å². The van der Waals surface area contributed by atoms with Gasteiger partial charge in [0.1, 0.15) is 0 Å². The summed E-state index contributed by atoms with van der Waals surface area (Å²) in [4.78, 5) is 12.1. The van der Waals surface area contributed by atoms with E-state index in [0.29, 0.717) is 24.4 Å². The number of carbonyl (C=O) groups excluding carboxylic acids is 1. The van der Waals surface area contributed by atoms with Crippen molar-refractivity contribution in [3.05, 3.63) is 0 Å². The highest BCUT2D eigenvalue weighted by atomic mass is 35.5. The van der Waals surface area contributed by atoms with Gasteiger partial charge in [-0.1, -0.05) is 26.2 Å². The first-order valence-electron chi connectivity index (χ1n) is 7.68. The lowest BCUT2D eigenvalue weighted by atomic mass is 9.80. The third-order valence-corrected chi connectivity index (χ3v) is 4.83. The van der Waals surface area contributed by atoms with Gasteiger partial charge >= 0.3 is 0 Å². The van der Waals surface area contributed by atoms with Crippen LogP contribution in [0.15, 0.2) is 0 Å². The first-order chi connectivity index (χ1) is 8.69. The number of nitrogens with two attached hydrogens (primary N) is 1. The van der Waals surface area contributed by atoms with E-state index in [2.05, 4.69) is 12.2 Å². The average Bonchev–Trinajstić information content (AvgIpc) is 2.76. The standard InChI is InChI=1S/C15H28N2O.ClH/c1-11-4-2-5-12(8-11)9-15(18)17-14-7-3-6-13(14)10-16;/h11-14H,2-10,16H2,1H3,(H,17,18);1H. The summed E-state index contributed by atoms with van der Waals surface area (Å²) in [6.07, 6.45) is 9.37. The molecule has 4 unspecified atom stereocenters. The summed E-state index contributed by atoms with van der Waals surface area (Å²) in [6.45, 7) is 3.02. The molecule has 0 bridgehead atoms. The predicted molar refractivity (Wildman–Crippen MR) is 81.3 cm³/mol. The molecular weight excluding hydrogens is 260 g/mol. The van der Waals surface area contributed by atoms with Crippen LogP contribution in [0.5, 0.6) is 0 Å². The third kappa shape index (κ3) is 4.96. The highest BCUT2D eigenvalue weighted by molar-refractivity contribution is 5.85. The lowest BCUT2D eigenvalue weighted by molar-refractivity contribution is -0.123. The molecule has 0 saturated heterocycles. The van der Waals surface area contributed by atoms with Gasteiger partial charge in [-0.05, 0) is 50.0 Å². The van der Waals surface area contributed by atoms with Crippen LogP contribution in [-0.2, 0) is 4.79 Å². The molecule has 0 aromatic rings. The minimum absolute atomic E-state index is 0. The summed E-state index contributed by atoms with van der Waals surface area (Å²) in [6, 6.07) is 0.350. The Balaban J connectivity index is 0.00000180. The van der Waals surface area contributed by atoms with E-state index in [1.165, 1.54) is 38.5 Å². The summed E-state index contributed by atoms with van der Waals surface area (Å²) in [5, 5.41) is 3.22. The molecule has 3 nitrogen and oxygen atoms in total. The molecule has 2 aliphatic rings. The number of carbonyl (C=O) groups is 1. The Bertz CT molecular complexity index is 285. The maximum atomic E-state index is 12.1. The largest absolute Gasteiger partial charge is 0.353 e. The maximum Gasteiger partial charge on any atom is 0.220 e. The average molecular weight is 289 g/mol. The molecule has 4 heteroatoms. The molecule has 4 atom stereocenters. The summed E-state index contributed by atoms with van der Waals surface area (Å²) < 4.78 is 0. The minimum Gasteiger partial charge on any atom is -0.353 e. The monoisotopic (exact) mass is 288 g/mol. The Morgan fingerprint density at radius 2 is 1.95 bits per heavy atom. The SMILES string of the molecule is CC1CCCC(CC(=O)NC2CCCC2CN)C1.Cl. The smallest absolute Gasteiger partial charge is 0.220 e. The van der Waals surface area contributed by atoms with Crippen LogP contribution in [0, 0.1) is 17.8 Å². The van der Waals surface area contributed by atoms with Gasteiger partial charge in [0.15, 0.2) is 0 Å². The van der Waals surface area contributed by atoms with Crippen molar-refractivity contribution in [1.29, 1.82) is 0 Å². The van der Waals surface area contributed by atoms with E-state index in [0.717, 1.165) is 18.8 Å². The van der Waals surface area contributed by atoms with E-state index in [1.54, 1.807) is 0 Å². The highest BCUT2D eigenvalue weighted by Crippen LogP contribution is 2.31. The molecule has 0 aliphatic heterocycles. The maximum absolute atomic E-state index is 12.1. The van der Waals surface area contributed by atoms with Crippen LogP contribution >= 0.6 is 12.4 Å². The Labute approximate surface area is 123 Å². The molecule has 2 rings (SSSR count). The molecule has 2 saturated carbocycles. The van der Waals surface area contributed by atoms with Crippen molar-refractivity contribution >= 4 is 18.3 Å². The van der Waals surface area contributed by atoms with E-state index < -0.39 is 0 Å². The second-order valence-corrected chi connectivity index (χ2v) is 6.44. The Hall–Kier alpha value is -0.280. The topological polar surface area (TPSA) is 55.1 Å². The van der Waals surface area contributed by atoms with Gasteiger partial charge in [0.05, 0.1) is 0 Å². The summed E-state index contributed by atoms with van der Waals surface area (Å²) in [7, 11) is 0. The van der Waals surface area contributed by atoms with Crippen LogP contribution in [-0.4, -0.2) is 18.5 Å². The van der Waals surface area contributed by atoms with Crippen molar-refractivity contribution in [2.24, 2.45) is 23.5 Å². The molecule has 19 heavy (non-hydrogen) atoms. The fraction of sp³-hybridized carbons (Fsp3) is 0.933. The molecule has 0 aromatic carbocycles. The second-order valence-electron chi connectivity index (χ2n) is 6.44. The van der Waals surface area contributed by atoms with Crippen molar-refractivity contribution in [2.45, 2.75) is 64.3 Å². The highest BCUT2D eigenvalue weighted by Gasteiger charge is 2.28. The van der Waals surface area contributed by atoms with Crippen molar-refractivity contribution < 1.29 is 4.79 Å². The van der Waals surface area contributed by atoms with E-state index in [9.17, 15) is 4.79 Å². The molecule has 0 radical (unpaired) electrons. The van der Waals surface area contributed by atoms with Gasteiger partial charge in [-0.2, -0.15) is 0 Å². The first-order valence-corrected chi connectivity index (χ1v) is 7.68.